The van der Waals surface area contributed by atoms with Gasteiger partial charge in [-0.15, -0.1) is 11.3 Å². The summed E-state index contributed by atoms with van der Waals surface area (Å²) in [4.78, 5) is 0. The average molecular weight is 278 g/mol. The summed E-state index contributed by atoms with van der Waals surface area (Å²) in [5, 5.41) is 3.76. The molecule has 0 atom stereocenters. The molecule has 1 aromatic heterocycles. The first-order chi connectivity index (χ1) is 6.22. The number of thiophene rings is 1. The van der Waals surface area contributed by atoms with E-state index in [-0.39, 0.29) is 0 Å². The van der Waals surface area contributed by atoms with Gasteiger partial charge in [-0.3, -0.25) is 0 Å². The predicted molar refractivity (Wildman–Crippen MR) is 61.1 cm³/mol. The Morgan fingerprint density at radius 2 is 2.23 bits per heavy atom. The van der Waals surface area contributed by atoms with E-state index in [1.807, 2.05) is 17.5 Å². The molecule has 13 heavy (non-hydrogen) atoms. The third-order valence-corrected chi connectivity index (χ3v) is 3.89. The van der Waals surface area contributed by atoms with Crippen LogP contribution in [0.4, 0.5) is 0 Å². The van der Waals surface area contributed by atoms with Gasteiger partial charge in [-0.25, -0.2) is 0 Å². The minimum atomic E-state index is 0.719. The quantitative estimate of drug-likeness (QED) is 0.754. The fraction of sp³-hybridized carbons (Fsp3) is 0.111. The topological polar surface area (TPSA) is 9.23 Å². The highest BCUT2D eigenvalue weighted by molar-refractivity contribution is 9.10. The molecular weight excluding hydrogens is 272 g/mol. The van der Waals surface area contributed by atoms with Crippen LogP contribution in [0.2, 0.25) is 5.02 Å². The third-order valence-electron chi connectivity index (χ3n) is 1.78. The molecule has 0 aliphatic heterocycles. The van der Waals surface area contributed by atoms with Gasteiger partial charge < -0.3 is 4.74 Å². The van der Waals surface area contributed by atoms with E-state index in [9.17, 15) is 0 Å². The van der Waals surface area contributed by atoms with E-state index in [2.05, 4.69) is 15.9 Å². The normalized spacial score (nSPS) is 10.7. The summed E-state index contributed by atoms with van der Waals surface area (Å²) in [6.07, 6.45) is 0. The molecule has 0 saturated carbocycles. The van der Waals surface area contributed by atoms with Crippen LogP contribution in [0.15, 0.2) is 22.0 Å². The van der Waals surface area contributed by atoms with Crippen LogP contribution in [0.25, 0.3) is 10.1 Å². The van der Waals surface area contributed by atoms with E-state index in [0.717, 1.165) is 20.6 Å². The van der Waals surface area contributed by atoms with Crippen molar-refractivity contribution in [3.05, 3.63) is 27.0 Å². The van der Waals surface area contributed by atoms with Crippen molar-refractivity contribution in [3.63, 3.8) is 0 Å². The average Bonchev–Trinajstić information content (AvgIpc) is 2.47. The molecule has 2 rings (SSSR count). The van der Waals surface area contributed by atoms with Crippen LogP contribution in [-0.2, 0) is 0 Å². The zero-order valence-corrected chi connectivity index (χ0v) is 9.96. The molecule has 2 aromatic rings. The van der Waals surface area contributed by atoms with Gasteiger partial charge in [0.1, 0.15) is 5.75 Å². The highest BCUT2D eigenvalue weighted by Gasteiger charge is 2.07. The van der Waals surface area contributed by atoms with E-state index in [1.54, 1.807) is 18.4 Å². The maximum atomic E-state index is 5.93. The van der Waals surface area contributed by atoms with Crippen molar-refractivity contribution >= 4 is 49.0 Å². The van der Waals surface area contributed by atoms with Gasteiger partial charge in [0.25, 0.3) is 0 Å². The molecule has 1 nitrogen and oxygen atoms in total. The summed E-state index contributed by atoms with van der Waals surface area (Å²) in [6, 6.07) is 3.80. The Kier molecular flexibility index (Phi) is 2.49. The fourth-order valence-electron chi connectivity index (χ4n) is 1.20. The summed E-state index contributed by atoms with van der Waals surface area (Å²) in [5.41, 5.74) is 0. The Bertz CT molecular complexity index is 452. The highest BCUT2D eigenvalue weighted by atomic mass is 79.9. The van der Waals surface area contributed by atoms with Gasteiger partial charge in [-0.2, -0.15) is 0 Å². The van der Waals surface area contributed by atoms with Gasteiger partial charge >= 0.3 is 0 Å². The van der Waals surface area contributed by atoms with Crippen molar-refractivity contribution < 1.29 is 4.74 Å². The van der Waals surface area contributed by atoms with Crippen LogP contribution in [0.1, 0.15) is 0 Å². The third kappa shape index (κ3) is 1.56. The second-order valence-corrected chi connectivity index (χ2v) is 4.74. The molecule has 0 spiro atoms. The summed E-state index contributed by atoms with van der Waals surface area (Å²) in [7, 11) is 1.66. The summed E-state index contributed by atoms with van der Waals surface area (Å²) >= 11 is 11.0. The lowest BCUT2D eigenvalue weighted by atomic mass is 10.2. The van der Waals surface area contributed by atoms with Crippen molar-refractivity contribution in [2.45, 2.75) is 0 Å². The first-order valence-corrected chi connectivity index (χ1v) is 5.67. The van der Waals surface area contributed by atoms with Crippen LogP contribution in [-0.4, -0.2) is 7.11 Å². The number of halogens is 2. The molecule has 4 heteroatoms. The second-order valence-electron chi connectivity index (χ2n) is 2.57. The molecule has 0 amide bonds. The van der Waals surface area contributed by atoms with Crippen molar-refractivity contribution in [2.24, 2.45) is 0 Å². The molecule has 68 valence electrons. The number of fused-ring (bicyclic) bond motifs is 1. The number of hydrogen-bond donors (Lipinski definition) is 0. The molecule has 0 saturated heterocycles. The molecule has 1 heterocycles. The van der Waals surface area contributed by atoms with Crippen LogP contribution >= 0.6 is 38.9 Å². The number of benzene rings is 1. The molecule has 0 fully saturated rings. The highest BCUT2D eigenvalue weighted by Crippen LogP contribution is 2.38. The van der Waals surface area contributed by atoms with Crippen LogP contribution in [0.3, 0.4) is 0 Å². The molecular formula is C9H6BrClOS. The monoisotopic (exact) mass is 276 g/mol. The Labute approximate surface area is 93.4 Å². The van der Waals surface area contributed by atoms with Gasteiger partial charge in [0.15, 0.2) is 0 Å². The second kappa shape index (κ2) is 3.48. The molecule has 0 unspecified atom stereocenters. The zero-order chi connectivity index (χ0) is 9.42. The Morgan fingerprint density at radius 1 is 1.46 bits per heavy atom. The zero-order valence-electron chi connectivity index (χ0n) is 6.80. The standard InChI is InChI=1S/C9H6BrClOS/c1-12-8-4-13-9-6(8)2-5(11)3-7(9)10/h2-4H,1H3. The van der Waals surface area contributed by atoms with Crippen molar-refractivity contribution in [3.8, 4) is 5.75 Å². The summed E-state index contributed by atoms with van der Waals surface area (Å²) in [5.74, 6) is 0.878. The SMILES string of the molecule is COc1csc2c(Br)cc(Cl)cc12. The maximum absolute atomic E-state index is 5.93. The number of hydrogen-bond acceptors (Lipinski definition) is 2. The molecule has 0 aliphatic carbocycles. The molecule has 0 N–H and O–H groups in total. The van der Waals surface area contributed by atoms with E-state index in [1.165, 1.54) is 4.70 Å². The van der Waals surface area contributed by atoms with Gasteiger partial charge in [-0.1, -0.05) is 11.6 Å². The lowest BCUT2D eigenvalue weighted by Gasteiger charge is -1.98. The van der Waals surface area contributed by atoms with Crippen LogP contribution < -0.4 is 4.74 Å². The van der Waals surface area contributed by atoms with Crippen LogP contribution in [0.5, 0.6) is 5.75 Å². The van der Waals surface area contributed by atoms with Gasteiger partial charge in [0.2, 0.25) is 0 Å². The Balaban J connectivity index is 2.82. The van der Waals surface area contributed by atoms with Gasteiger partial charge in [0, 0.05) is 20.3 Å². The van der Waals surface area contributed by atoms with Gasteiger partial charge in [0.05, 0.1) is 11.8 Å². The molecule has 0 aliphatic rings. The lowest BCUT2D eigenvalue weighted by molar-refractivity contribution is 0.421. The Morgan fingerprint density at radius 3 is 2.92 bits per heavy atom. The van der Waals surface area contributed by atoms with E-state index in [0.29, 0.717) is 0 Å². The number of methoxy groups -OCH3 is 1. The van der Waals surface area contributed by atoms with Gasteiger partial charge in [-0.05, 0) is 28.1 Å². The van der Waals surface area contributed by atoms with Crippen molar-refractivity contribution in [2.75, 3.05) is 7.11 Å². The van der Waals surface area contributed by atoms with E-state index in [4.69, 9.17) is 16.3 Å². The largest absolute Gasteiger partial charge is 0.495 e. The fourth-order valence-corrected chi connectivity index (χ4v) is 3.19. The number of ether oxygens (including phenoxy) is 1. The smallest absolute Gasteiger partial charge is 0.137 e. The predicted octanol–water partition coefficient (Wildman–Crippen LogP) is 4.33. The first-order valence-electron chi connectivity index (χ1n) is 3.62. The van der Waals surface area contributed by atoms with Crippen molar-refractivity contribution in [1.29, 1.82) is 0 Å². The van der Waals surface area contributed by atoms with E-state index >= 15 is 0 Å². The molecule has 1 aromatic carbocycles. The Hall–Kier alpha value is -0.250. The minimum absolute atomic E-state index is 0.719. The minimum Gasteiger partial charge on any atom is -0.495 e. The van der Waals surface area contributed by atoms with Crippen molar-refractivity contribution in [1.82, 2.24) is 0 Å². The maximum Gasteiger partial charge on any atom is 0.137 e. The summed E-state index contributed by atoms with van der Waals surface area (Å²) < 4.78 is 7.39. The van der Waals surface area contributed by atoms with Crippen LogP contribution in [0, 0.1) is 0 Å². The summed E-state index contributed by atoms with van der Waals surface area (Å²) in [6.45, 7) is 0. The number of rotatable bonds is 1. The lowest BCUT2D eigenvalue weighted by Crippen LogP contribution is -1.79. The molecule has 0 bridgehead atoms. The molecule has 0 radical (unpaired) electrons. The first kappa shape index (κ1) is 9.31. The van der Waals surface area contributed by atoms with E-state index < -0.39 is 0 Å².